The molecule has 0 aromatic heterocycles. The molecule has 0 heterocycles. The summed E-state index contributed by atoms with van der Waals surface area (Å²) in [4.78, 5) is 91.8. The van der Waals surface area contributed by atoms with Gasteiger partial charge in [-0.05, 0) is 64.2 Å². The van der Waals surface area contributed by atoms with E-state index in [9.17, 15) is 48.9 Å². The quantitative estimate of drug-likeness (QED) is 0.167. The third-order valence-electron chi connectivity index (χ3n) is 13.1. The molecule has 2 fully saturated rings. The standard InChI is InChI=1S/C38H52O13/c1-19(10-9-11-20(2)33(47)48)22-14-26(42)38(8)29-23(40)15-24-35(5,30(29)31(46)32(37(22,38)7)51-21(3)39)13-12-25(41)36(24,6)18-50-28(45)17-34(4,49)16-27(43)44/h11,19,22,24-25,32,41,49H,9-10,12-18H2,1-8H3,(H,43,44)(H,47,48)/b20-11+/t19-,22-,24-,25+,32-,34+,35+,36-,37+,38+/m1/s1. The summed E-state index contributed by atoms with van der Waals surface area (Å²) in [5.74, 6) is -6.74. The molecule has 2 saturated carbocycles. The molecule has 282 valence electrons. The van der Waals surface area contributed by atoms with Crippen LogP contribution in [0.1, 0.15) is 107 Å². The first-order valence-corrected chi connectivity index (χ1v) is 17.6. The van der Waals surface area contributed by atoms with Gasteiger partial charge < -0.3 is 29.9 Å². The average molecular weight is 717 g/mol. The van der Waals surface area contributed by atoms with Crippen LogP contribution in [0.25, 0.3) is 0 Å². The Morgan fingerprint density at radius 1 is 1.00 bits per heavy atom. The van der Waals surface area contributed by atoms with Gasteiger partial charge in [-0.15, -0.1) is 0 Å². The van der Waals surface area contributed by atoms with E-state index >= 15 is 0 Å². The minimum absolute atomic E-state index is 0.0169. The van der Waals surface area contributed by atoms with E-state index in [1.807, 2.05) is 6.92 Å². The molecule has 0 spiro atoms. The van der Waals surface area contributed by atoms with E-state index in [2.05, 4.69) is 0 Å². The zero-order chi connectivity index (χ0) is 38.6. The first kappa shape index (κ1) is 40.1. The van der Waals surface area contributed by atoms with Gasteiger partial charge in [0.15, 0.2) is 11.9 Å². The van der Waals surface area contributed by atoms with E-state index in [0.717, 1.165) is 0 Å². The van der Waals surface area contributed by atoms with E-state index < -0.39 is 106 Å². The van der Waals surface area contributed by atoms with Gasteiger partial charge in [0, 0.05) is 52.7 Å². The third-order valence-corrected chi connectivity index (χ3v) is 13.1. The van der Waals surface area contributed by atoms with E-state index in [1.54, 1.807) is 33.8 Å². The lowest BCUT2D eigenvalue weighted by atomic mass is 9.42. The molecule has 0 unspecified atom stereocenters. The number of Topliss-reactive ketones (excluding diaryl/α,β-unsaturated/α-hetero) is 3. The summed E-state index contributed by atoms with van der Waals surface area (Å²) in [5, 5.41) is 40.1. The highest BCUT2D eigenvalue weighted by Gasteiger charge is 2.75. The predicted octanol–water partition coefficient (Wildman–Crippen LogP) is 3.76. The summed E-state index contributed by atoms with van der Waals surface area (Å²) in [6.45, 7) is 12.2. The first-order valence-electron chi connectivity index (χ1n) is 17.6. The fraction of sp³-hybridized carbons (Fsp3) is 0.711. The molecule has 0 radical (unpaired) electrons. The average Bonchev–Trinajstić information content (AvgIpc) is 3.22. The molecule has 0 aromatic rings. The number of ether oxygens (including phenoxy) is 2. The second-order valence-corrected chi connectivity index (χ2v) is 16.6. The fourth-order valence-corrected chi connectivity index (χ4v) is 10.0. The van der Waals surface area contributed by atoms with Crippen molar-refractivity contribution in [2.45, 2.75) is 125 Å². The minimum Gasteiger partial charge on any atom is -0.481 e. The Kier molecular flexibility index (Phi) is 10.8. The molecule has 0 bridgehead atoms. The van der Waals surface area contributed by atoms with Crippen molar-refractivity contribution in [3.05, 3.63) is 22.8 Å². The summed E-state index contributed by atoms with van der Waals surface area (Å²) < 4.78 is 11.4. The number of fused-ring (bicyclic) bond motifs is 4. The lowest BCUT2D eigenvalue weighted by Crippen LogP contribution is -2.65. The number of carbonyl (C=O) groups is 7. The van der Waals surface area contributed by atoms with Gasteiger partial charge in [0.1, 0.15) is 5.78 Å². The van der Waals surface area contributed by atoms with E-state index in [1.165, 1.54) is 20.8 Å². The highest BCUT2D eigenvalue weighted by atomic mass is 16.5. The zero-order valence-corrected chi connectivity index (χ0v) is 30.8. The Labute approximate surface area is 297 Å². The normalized spacial score (nSPS) is 36.7. The highest BCUT2D eigenvalue weighted by Crippen LogP contribution is 2.70. The molecule has 0 saturated heterocycles. The number of esters is 2. The van der Waals surface area contributed by atoms with Crippen molar-refractivity contribution in [1.82, 2.24) is 0 Å². The van der Waals surface area contributed by atoms with Gasteiger partial charge in [-0.1, -0.05) is 33.8 Å². The Balaban J connectivity index is 1.79. The number of aliphatic hydroxyl groups is 2. The molecule has 4 aliphatic carbocycles. The van der Waals surface area contributed by atoms with Crippen molar-refractivity contribution in [1.29, 1.82) is 0 Å². The Hall–Kier alpha value is -3.71. The number of aliphatic carboxylic acids is 2. The van der Waals surface area contributed by atoms with Gasteiger partial charge in [-0.25, -0.2) is 4.79 Å². The van der Waals surface area contributed by atoms with Crippen LogP contribution in [-0.4, -0.2) is 86.1 Å². The van der Waals surface area contributed by atoms with Crippen molar-refractivity contribution in [2.24, 2.45) is 39.4 Å². The van der Waals surface area contributed by atoms with Gasteiger partial charge in [0.2, 0.25) is 5.78 Å². The predicted molar refractivity (Wildman–Crippen MR) is 180 cm³/mol. The van der Waals surface area contributed by atoms with Crippen LogP contribution in [0.3, 0.4) is 0 Å². The Morgan fingerprint density at radius 3 is 2.20 bits per heavy atom. The van der Waals surface area contributed by atoms with Crippen molar-refractivity contribution in [3.63, 3.8) is 0 Å². The number of hydrogen-bond donors (Lipinski definition) is 4. The molecule has 4 N–H and O–H groups in total. The van der Waals surface area contributed by atoms with Gasteiger partial charge in [-0.3, -0.25) is 28.8 Å². The molecule has 0 aliphatic heterocycles. The fourth-order valence-electron chi connectivity index (χ4n) is 10.0. The van der Waals surface area contributed by atoms with E-state index in [-0.39, 0.29) is 54.1 Å². The van der Waals surface area contributed by atoms with Crippen LogP contribution >= 0.6 is 0 Å². The van der Waals surface area contributed by atoms with Crippen molar-refractivity contribution in [2.75, 3.05) is 6.61 Å². The topological polar surface area (TPSA) is 219 Å². The van der Waals surface area contributed by atoms with Crippen LogP contribution in [0.15, 0.2) is 22.8 Å². The van der Waals surface area contributed by atoms with Gasteiger partial charge in [0.05, 0.1) is 36.6 Å². The van der Waals surface area contributed by atoms with Gasteiger partial charge in [0.25, 0.3) is 0 Å². The first-order chi connectivity index (χ1) is 23.4. The van der Waals surface area contributed by atoms with E-state index in [0.29, 0.717) is 12.8 Å². The van der Waals surface area contributed by atoms with E-state index in [4.69, 9.17) is 14.6 Å². The second kappa shape index (κ2) is 13.7. The summed E-state index contributed by atoms with van der Waals surface area (Å²) in [7, 11) is 0. The Bertz CT molecular complexity index is 1600. The molecule has 4 rings (SSSR count). The number of hydrogen-bond acceptors (Lipinski definition) is 11. The van der Waals surface area contributed by atoms with Crippen LogP contribution in [0.2, 0.25) is 0 Å². The number of ketones is 3. The smallest absolute Gasteiger partial charge is 0.330 e. The minimum atomic E-state index is -1.89. The molecule has 4 aliphatic rings. The lowest BCUT2D eigenvalue weighted by molar-refractivity contribution is -0.180. The number of allylic oxidation sites excluding steroid dienone is 2. The summed E-state index contributed by atoms with van der Waals surface area (Å²) in [6, 6.07) is 0. The molecule has 13 heteroatoms. The lowest BCUT2D eigenvalue weighted by Gasteiger charge is -2.61. The second-order valence-electron chi connectivity index (χ2n) is 16.6. The number of carbonyl (C=O) groups excluding carboxylic acids is 5. The monoisotopic (exact) mass is 716 g/mol. The molecule has 13 nitrogen and oxygen atoms in total. The highest BCUT2D eigenvalue weighted by molar-refractivity contribution is 6.18. The number of rotatable bonds is 12. The third kappa shape index (κ3) is 6.60. The van der Waals surface area contributed by atoms with Crippen molar-refractivity contribution >= 4 is 41.2 Å². The van der Waals surface area contributed by atoms with Gasteiger partial charge in [-0.2, -0.15) is 0 Å². The summed E-state index contributed by atoms with van der Waals surface area (Å²) in [5.41, 5.74) is -6.69. The molecular weight excluding hydrogens is 664 g/mol. The maximum atomic E-state index is 15.0. The maximum Gasteiger partial charge on any atom is 0.330 e. The molecule has 51 heavy (non-hydrogen) atoms. The van der Waals surface area contributed by atoms with Crippen molar-refractivity contribution < 1.29 is 63.5 Å². The van der Waals surface area contributed by atoms with Crippen LogP contribution in [0.5, 0.6) is 0 Å². The summed E-state index contributed by atoms with van der Waals surface area (Å²) >= 11 is 0. The summed E-state index contributed by atoms with van der Waals surface area (Å²) in [6.07, 6.45) is -1.07. The molecule has 10 atom stereocenters. The largest absolute Gasteiger partial charge is 0.481 e. The SMILES string of the molecule is CC(=O)O[C@@H]1C(=O)C2=C(C(=O)C[C@H]3[C@@](C)(COC(=O)C[C@@](C)(O)CC(=O)O)[C@@H](O)CC[C@]23C)[C@]2(C)C(=O)C[C@H]([C@H](C)CC/C=C(\C)C(=O)O)[C@@]12C. The molecular formula is C38H52O13. The Morgan fingerprint density at radius 2 is 1.63 bits per heavy atom. The number of carboxylic acids is 2. The molecule has 0 aromatic carbocycles. The maximum absolute atomic E-state index is 15.0. The van der Waals surface area contributed by atoms with Gasteiger partial charge >= 0.3 is 23.9 Å². The zero-order valence-electron chi connectivity index (χ0n) is 30.8. The van der Waals surface area contributed by atoms with Crippen molar-refractivity contribution in [3.8, 4) is 0 Å². The molecule has 0 amide bonds. The van der Waals surface area contributed by atoms with Crippen LogP contribution < -0.4 is 0 Å². The van der Waals surface area contributed by atoms with Crippen LogP contribution in [0, 0.1) is 39.4 Å². The van der Waals surface area contributed by atoms with Crippen LogP contribution in [-0.2, 0) is 43.0 Å². The van der Waals surface area contributed by atoms with Crippen LogP contribution in [0.4, 0.5) is 0 Å². The number of carboxylic acid groups (broad SMARTS) is 2. The number of aliphatic hydroxyl groups excluding tert-OH is 1.